The van der Waals surface area contributed by atoms with Gasteiger partial charge >= 0.3 is 0 Å². The highest BCUT2D eigenvalue weighted by molar-refractivity contribution is 6.42. The van der Waals surface area contributed by atoms with Crippen LogP contribution in [0.1, 0.15) is 33.6 Å². The van der Waals surface area contributed by atoms with Gasteiger partial charge in [0.1, 0.15) is 12.3 Å². The molecule has 7 nitrogen and oxygen atoms in total. The molecule has 1 aromatic heterocycles. The fourth-order valence-corrected chi connectivity index (χ4v) is 4.97. The number of halogens is 2. The molecule has 0 unspecified atom stereocenters. The summed E-state index contributed by atoms with van der Waals surface area (Å²) < 4.78 is 12.7. The van der Waals surface area contributed by atoms with Gasteiger partial charge in [0.15, 0.2) is 0 Å². The van der Waals surface area contributed by atoms with Crippen molar-refractivity contribution in [2.24, 2.45) is 0 Å². The first-order valence-corrected chi connectivity index (χ1v) is 14.5. The molecule has 0 aliphatic carbocycles. The molecule has 0 saturated heterocycles. The monoisotopic (exact) mass is 607 g/mol. The molecule has 0 fully saturated rings. The summed E-state index contributed by atoms with van der Waals surface area (Å²) in [6.07, 6.45) is 2.59. The molecule has 220 valence electrons. The molecule has 0 radical (unpaired) electrons. The molecular weight excluding hydrogens is 573 g/mol. The van der Waals surface area contributed by atoms with Gasteiger partial charge in [-0.15, -0.1) is 0 Å². The van der Waals surface area contributed by atoms with Gasteiger partial charge in [-0.05, 0) is 60.0 Å². The predicted molar refractivity (Wildman–Crippen MR) is 166 cm³/mol. The number of rotatable bonds is 14. The van der Waals surface area contributed by atoms with E-state index in [9.17, 15) is 9.59 Å². The molecule has 3 aromatic carbocycles. The Bertz CT molecular complexity index is 1480. The average Bonchev–Trinajstić information content (AvgIpc) is 3.44. The van der Waals surface area contributed by atoms with Crippen molar-refractivity contribution in [2.75, 3.05) is 33.9 Å². The van der Waals surface area contributed by atoms with Gasteiger partial charge in [0.25, 0.3) is 5.91 Å². The van der Waals surface area contributed by atoms with E-state index in [0.29, 0.717) is 49.8 Å². The smallest absolute Gasteiger partial charge is 0.254 e. The molecule has 0 aliphatic heterocycles. The molecule has 4 aromatic rings. The Morgan fingerprint density at radius 1 is 0.810 bits per heavy atom. The Morgan fingerprint density at radius 3 is 2.33 bits per heavy atom. The number of methoxy groups -OCH3 is 2. The van der Waals surface area contributed by atoms with Crippen LogP contribution >= 0.6 is 23.2 Å². The third-order valence-corrected chi connectivity index (χ3v) is 7.63. The summed E-state index contributed by atoms with van der Waals surface area (Å²) in [5.41, 5.74) is 3.43. The Kier molecular flexibility index (Phi) is 11.5. The van der Waals surface area contributed by atoms with E-state index in [2.05, 4.69) is 4.57 Å². The van der Waals surface area contributed by atoms with Crippen LogP contribution in [0.5, 0.6) is 5.75 Å². The normalized spacial score (nSPS) is 10.9. The molecule has 0 saturated carbocycles. The van der Waals surface area contributed by atoms with E-state index in [1.165, 1.54) is 6.07 Å². The number of amides is 2. The summed E-state index contributed by atoms with van der Waals surface area (Å²) >= 11 is 12.3. The van der Waals surface area contributed by atoms with Crippen LogP contribution in [0.25, 0.3) is 0 Å². The van der Waals surface area contributed by atoms with Gasteiger partial charge in [-0.25, -0.2) is 0 Å². The number of aromatic nitrogens is 1. The largest absolute Gasteiger partial charge is 0.497 e. The van der Waals surface area contributed by atoms with Crippen LogP contribution in [0.4, 0.5) is 0 Å². The summed E-state index contributed by atoms with van der Waals surface area (Å²) in [6, 6.07) is 26.5. The second kappa shape index (κ2) is 15.4. The molecule has 1 heterocycles. The lowest BCUT2D eigenvalue weighted by Gasteiger charge is -2.28. The third kappa shape index (κ3) is 8.61. The zero-order valence-electron chi connectivity index (χ0n) is 23.8. The average molecular weight is 609 g/mol. The Hall–Kier alpha value is -3.78. The topological polar surface area (TPSA) is 64.0 Å². The van der Waals surface area contributed by atoms with E-state index in [1.54, 1.807) is 36.2 Å². The quantitative estimate of drug-likeness (QED) is 0.152. The van der Waals surface area contributed by atoms with Gasteiger partial charge in [0, 0.05) is 50.8 Å². The molecule has 9 heteroatoms. The minimum atomic E-state index is -0.293. The van der Waals surface area contributed by atoms with Gasteiger partial charge in [0.2, 0.25) is 5.91 Å². The van der Waals surface area contributed by atoms with E-state index in [-0.39, 0.29) is 23.4 Å². The molecular formula is C33H35Cl2N3O4. The van der Waals surface area contributed by atoms with Crippen LogP contribution in [0.15, 0.2) is 91.1 Å². The first kappa shape index (κ1) is 31.2. The van der Waals surface area contributed by atoms with Crippen LogP contribution < -0.4 is 4.74 Å². The highest BCUT2D eigenvalue weighted by atomic mass is 35.5. The minimum Gasteiger partial charge on any atom is -0.497 e. The maximum Gasteiger partial charge on any atom is 0.254 e. The Labute approximate surface area is 257 Å². The molecule has 0 bridgehead atoms. The Morgan fingerprint density at radius 2 is 1.60 bits per heavy atom. The van der Waals surface area contributed by atoms with Crippen molar-refractivity contribution in [3.8, 4) is 5.75 Å². The van der Waals surface area contributed by atoms with E-state index in [4.69, 9.17) is 32.7 Å². The highest BCUT2D eigenvalue weighted by Gasteiger charge is 2.24. The molecule has 0 atom stereocenters. The molecule has 4 rings (SSSR count). The highest BCUT2D eigenvalue weighted by Crippen LogP contribution is 2.24. The maximum absolute atomic E-state index is 14.0. The molecule has 0 aliphatic rings. The van der Waals surface area contributed by atoms with Crippen molar-refractivity contribution in [3.05, 3.63) is 124 Å². The van der Waals surface area contributed by atoms with E-state index < -0.39 is 0 Å². The number of carbonyl (C=O) groups excluding carboxylic acids is 2. The third-order valence-electron chi connectivity index (χ3n) is 6.89. The molecule has 0 spiro atoms. The SMILES string of the molecule is COCCCN(CC(=O)N(Cc1ccccc1)Cc1cccn1Cc1cccc(OC)c1)C(=O)c1ccc(Cl)c(Cl)c1. The molecule has 0 N–H and O–H groups in total. The fraction of sp³-hybridized carbons (Fsp3) is 0.273. The minimum absolute atomic E-state index is 0.0911. The summed E-state index contributed by atoms with van der Waals surface area (Å²) in [5.74, 6) is 0.334. The summed E-state index contributed by atoms with van der Waals surface area (Å²) in [5, 5.41) is 0.648. The van der Waals surface area contributed by atoms with E-state index in [0.717, 1.165) is 22.6 Å². The lowest BCUT2D eigenvalue weighted by atomic mass is 10.1. The number of ether oxygens (including phenoxy) is 2. The zero-order valence-corrected chi connectivity index (χ0v) is 25.4. The van der Waals surface area contributed by atoms with Crippen molar-refractivity contribution < 1.29 is 19.1 Å². The van der Waals surface area contributed by atoms with Crippen LogP contribution in [0.3, 0.4) is 0 Å². The lowest BCUT2D eigenvalue weighted by Crippen LogP contribution is -2.43. The van der Waals surface area contributed by atoms with Crippen molar-refractivity contribution >= 4 is 35.0 Å². The second-order valence-corrected chi connectivity index (χ2v) is 10.7. The standard InChI is InChI=1S/C33H35Cl2N3O4/c1-41-18-8-17-37(33(40)27-14-15-30(34)31(35)20-27)24-32(39)38(21-25-9-4-3-5-10-25)23-28-12-7-16-36(28)22-26-11-6-13-29(19-26)42-2/h3-7,9-16,19-20H,8,17-18,21-24H2,1-2H3. The zero-order chi connectivity index (χ0) is 29.9. The summed E-state index contributed by atoms with van der Waals surface area (Å²) in [4.78, 5) is 30.8. The fourth-order valence-electron chi connectivity index (χ4n) is 4.67. The first-order valence-electron chi connectivity index (χ1n) is 13.7. The van der Waals surface area contributed by atoms with Gasteiger partial charge < -0.3 is 23.8 Å². The molecule has 2 amide bonds. The van der Waals surface area contributed by atoms with Crippen molar-refractivity contribution in [1.82, 2.24) is 14.4 Å². The number of hydrogen-bond acceptors (Lipinski definition) is 4. The van der Waals surface area contributed by atoms with Gasteiger partial charge in [0.05, 0.1) is 23.7 Å². The van der Waals surface area contributed by atoms with Crippen molar-refractivity contribution in [3.63, 3.8) is 0 Å². The van der Waals surface area contributed by atoms with E-state index >= 15 is 0 Å². The number of nitrogens with zero attached hydrogens (tertiary/aromatic N) is 3. The van der Waals surface area contributed by atoms with Gasteiger partial charge in [-0.2, -0.15) is 0 Å². The lowest BCUT2D eigenvalue weighted by molar-refractivity contribution is -0.133. The maximum atomic E-state index is 14.0. The number of benzene rings is 3. The predicted octanol–water partition coefficient (Wildman–Crippen LogP) is 6.56. The van der Waals surface area contributed by atoms with E-state index in [1.807, 2.05) is 72.9 Å². The van der Waals surface area contributed by atoms with Crippen LogP contribution in [0.2, 0.25) is 10.0 Å². The van der Waals surface area contributed by atoms with Crippen LogP contribution in [-0.2, 0) is 29.2 Å². The molecule has 42 heavy (non-hydrogen) atoms. The first-order chi connectivity index (χ1) is 20.4. The van der Waals surface area contributed by atoms with Crippen LogP contribution in [0, 0.1) is 0 Å². The van der Waals surface area contributed by atoms with Crippen molar-refractivity contribution in [2.45, 2.75) is 26.1 Å². The van der Waals surface area contributed by atoms with Crippen molar-refractivity contribution in [1.29, 1.82) is 0 Å². The number of hydrogen-bond donors (Lipinski definition) is 0. The number of carbonyl (C=O) groups is 2. The Balaban J connectivity index is 1.57. The summed E-state index contributed by atoms with van der Waals surface area (Å²) in [7, 11) is 3.26. The van der Waals surface area contributed by atoms with Gasteiger partial charge in [-0.1, -0.05) is 65.7 Å². The summed E-state index contributed by atoms with van der Waals surface area (Å²) in [6.45, 7) is 2.13. The second-order valence-electron chi connectivity index (χ2n) is 9.92. The van der Waals surface area contributed by atoms with Gasteiger partial charge in [-0.3, -0.25) is 9.59 Å². The van der Waals surface area contributed by atoms with Crippen LogP contribution in [-0.4, -0.2) is 60.1 Å².